The maximum atomic E-state index is 12.1. The third-order valence-electron chi connectivity index (χ3n) is 7.26. The standard InChI is InChI=1S/C31H33N5O3S/c1-6-28(37)33-25-14-13-22(18-27(25)39-5)36-30(29(34-31(36)40)26-12-7-8-15-32-26)24-16-19(2)35(20(24)3)21-10-9-11-23(17-21)38-4/h7-18,29-30H,6H2,1-5H3,(H,33,37)(H,34,40)/t29-,30-/m1/s1. The molecule has 1 aliphatic rings. The summed E-state index contributed by atoms with van der Waals surface area (Å²) in [5, 5.41) is 7.02. The molecule has 5 rings (SSSR count). The van der Waals surface area contributed by atoms with Gasteiger partial charge in [-0.1, -0.05) is 19.1 Å². The van der Waals surface area contributed by atoms with Gasteiger partial charge in [0.25, 0.3) is 0 Å². The van der Waals surface area contributed by atoms with Gasteiger partial charge in [-0.2, -0.15) is 0 Å². The number of benzene rings is 2. The minimum absolute atomic E-state index is 0.0810. The molecule has 1 aliphatic heterocycles. The van der Waals surface area contributed by atoms with E-state index in [0.29, 0.717) is 23.0 Å². The molecule has 2 aromatic carbocycles. The molecule has 206 valence electrons. The Labute approximate surface area is 239 Å². The number of nitrogens with zero attached hydrogens (tertiary/aromatic N) is 3. The Bertz CT molecular complexity index is 1550. The van der Waals surface area contributed by atoms with E-state index in [4.69, 9.17) is 21.7 Å². The van der Waals surface area contributed by atoms with Crippen LogP contribution in [0.5, 0.6) is 11.5 Å². The van der Waals surface area contributed by atoms with Crippen molar-refractivity contribution in [2.24, 2.45) is 0 Å². The lowest BCUT2D eigenvalue weighted by atomic mass is 9.96. The zero-order valence-electron chi connectivity index (χ0n) is 23.3. The number of aromatic nitrogens is 2. The van der Waals surface area contributed by atoms with Crippen LogP contribution in [0.1, 0.15) is 48.1 Å². The largest absolute Gasteiger partial charge is 0.497 e. The minimum Gasteiger partial charge on any atom is -0.497 e. The molecule has 2 atom stereocenters. The summed E-state index contributed by atoms with van der Waals surface area (Å²) in [6.07, 6.45) is 2.18. The number of hydrogen-bond acceptors (Lipinski definition) is 5. The summed E-state index contributed by atoms with van der Waals surface area (Å²) in [6.45, 7) is 6.04. The van der Waals surface area contributed by atoms with Crippen LogP contribution in [0.25, 0.3) is 5.69 Å². The third-order valence-corrected chi connectivity index (χ3v) is 7.57. The quantitative estimate of drug-likeness (QED) is 0.257. The van der Waals surface area contributed by atoms with E-state index in [0.717, 1.165) is 39.8 Å². The van der Waals surface area contributed by atoms with Crippen molar-refractivity contribution >= 4 is 34.6 Å². The molecule has 0 saturated carbocycles. The average molecular weight is 556 g/mol. The van der Waals surface area contributed by atoms with Crippen molar-refractivity contribution in [3.63, 3.8) is 0 Å². The number of methoxy groups -OCH3 is 2. The highest BCUT2D eigenvalue weighted by atomic mass is 32.1. The minimum atomic E-state index is -0.200. The summed E-state index contributed by atoms with van der Waals surface area (Å²) < 4.78 is 13.4. The monoisotopic (exact) mass is 555 g/mol. The van der Waals surface area contributed by atoms with Gasteiger partial charge < -0.3 is 29.6 Å². The molecule has 1 saturated heterocycles. The fourth-order valence-electron chi connectivity index (χ4n) is 5.35. The molecule has 4 aromatic rings. The number of pyridine rings is 1. The summed E-state index contributed by atoms with van der Waals surface area (Å²) in [4.78, 5) is 18.9. The van der Waals surface area contributed by atoms with Crippen molar-refractivity contribution in [2.75, 3.05) is 24.4 Å². The molecule has 0 unspecified atom stereocenters. The van der Waals surface area contributed by atoms with Crippen LogP contribution >= 0.6 is 12.2 Å². The molecule has 0 bridgehead atoms. The van der Waals surface area contributed by atoms with E-state index < -0.39 is 0 Å². The van der Waals surface area contributed by atoms with Crippen molar-refractivity contribution in [3.05, 3.63) is 95.6 Å². The van der Waals surface area contributed by atoms with E-state index in [9.17, 15) is 4.79 Å². The van der Waals surface area contributed by atoms with E-state index in [1.54, 1.807) is 20.4 Å². The van der Waals surface area contributed by atoms with Gasteiger partial charge in [-0.3, -0.25) is 9.78 Å². The maximum Gasteiger partial charge on any atom is 0.224 e. The van der Waals surface area contributed by atoms with Crippen molar-refractivity contribution in [2.45, 2.75) is 39.3 Å². The molecule has 0 spiro atoms. The lowest BCUT2D eigenvalue weighted by molar-refractivity contribution is -0.115. The second kappa shape index (κ2) is 11.4. The fourth-order valence-corrected chi connectivity index (χ4v) is 5.70. The van der Waals surface area contributed by atoms with E-state index >= 15 is 0 Å². The van der Waals surface area contributed by atoms with Crippen LogP contribution in [-0.4, -0.2) is 34.8 Å². The van der Waals surface area contributed by atoms with E-state index in [-0.39, 0.29) is 18.0 Å². The summed E-state index contributed by atoms with van der Waals surface area (Å²) >= 11 is 5.94. The topological polar surface area (TPSA) is 80.7 Å². The Balaban J connectivity index is 1.64. The van der Waals surface area contributed by atoms with E-state index in [2.05, 4.69) is 51.1 Å². The molecule has 40 heavy (non-hydrogen) atoms. The van der Waals surface area contributed by atoms with Gasteiger partial charge in [-0.15, -0.1) is 0 Å². The highest BCUT2D eigenvalue weighted by molar-refractivity contribution is 7.80. The summed E-state index contributed by atoms with van der Waals surface area (Å²) in [5.41, 5.74) is 6.67. The number of thiocarbonyl (C=S) groups is 1. The molecular weight excluding hydrogens is 522 g/mol. The molecule has 0 radical (unpaired) electrons. The molecule has 2 aromatic heterocycles. The Kier molecular flexibility index (Phi) is 7.75. The van der Waals surface area contributed by atoms with Gasteiger partial charge >= 0.3 is 0 Å². The normalized spacial score (nSPS) is 16.5. The van der Waals surface area contributed by atoms with Crippen LogP contribution in [0.15, 0.2) is 72.9 Å². The van der Waals surface area contributed by atoms with Crippen molar-refractivity contribution in [3.8, 4) is 17.2 Å². The maximum absolute atomic E-state index is 12.1. The molecule has 8 nitrogen and oxygen atoms in total. The second-order valence-electron chi connectivity index (χ2n) is 9.65. The Morgan fingerprint density at radius 3 is 2.55 bits per heavy atom. The summed E-state index contributed by atoms with van der Waals surface area (Å²) in [5.74, 6) is 1.28. The van der Waals surface area contributed by atoms with Crippen LogP contribution < -0.4 is 25.0 Å². The first-order valence-corrected chi connectivity index (χ1v) is 13.6. The van der Waals surface area contributed by atoms with Crippen LogP contribution in [0, 0.1) is 13.8 Å². The molecular formula is C31H33N5O3S. The number of aryl methyl sites for hydroxylation is 1. The summed E-state index contributed by atoms with van der Waals surface area (Å²) in [6, 6.07) is 21.5. The van der Waals surface area contributed by atoms with Gasteiger partial charge in [0.1, 0.15) is 11.5 Å². The number of ether oxygens (including phenoxy) is 2. The number of anilines is 2. The second-order valence-corrected chi connectivity index (χ2v) is 10.0. The Hall–Kier alpha value is -4.37. The van der Waals surface area contributed by atoms with Gasteiger partial charge in [0.05, 0.1) is 37.7 Å². The number of carbonyl (C=O) groups excluding carboxylic acids is 1. The first-order chi connectivity index (χ1) is 19.4. The number of amides is 1. The Morgan fingerprint density at radius 1 is 1.02 bits per heavy atom. The van der Waals surface area contributed by atoms with Crippen LogP contribution in [0.2, 0.25) is 0 Å². The van der Waals surface area contributed by atoms with Gasteiger partial charge in [0.15, 0.2) is 5.11 Å². The zero-order chi connectivity index (χ0) is 28.4. The smallest absolute Gasteiger partial charge is 0.224 e. The molecule has 1 fully saturated rings. The molecule has 0 aliphatic carbocycles. The van der Waals surface area contributed by atoms with Crippen LogP contribution in [0.4, 0.5) is 11.4 Å². The molecule has 9 heteroatoms. The van der Waals surface area contributed by atoms with Crippen molar-refractivity contribution < 1.29 is 14.3 Å². The van der Waals surface area contributed by atoms with Gasteiger partial charge in [0.2, 0.25) is 5.91 Å². The third kappa shape index (κ3) is 5.00. The number of carbonyl (C=O) groups is 1. The van der Waals surface area contributed by atoms with E-state index in [1.807, 2.05) is 61.5 Å². The van der Waals surface area contributed by atoms with Crippen molar-refractivity contribution in [1.29, 1.82) is 0 Å². The van der Waals surface area contributed by atoms with Gasteiger partial charge in [-0.05, 0) is 74.1 Å². The number of nitrogens with one attached hydrogen (secondary N) is 2. The summed E-state index contributed by atoms with van der Waals surface area (Å²) in [7, 11) is 3.27. The predicted octanol–water partition coefficient (Wildman–Crippen LogP) is 6.03. The van der Waals surface area contributed by atoms with Gasteiger partial charge in [0, 0.05) is 47.5 Å². The average Bonchev–Trinajstić information content (AvgIpc) is 3.48. The molecule has 1 amide bonds. The van der Waals surface area contributed by atoms with Gasteiger partial charge in [-0.25, -0.2) is 0 Å². The lowest BCUT2D eigenvalue weighted by Crippen LogP contribution is -2.29. The van der Waals surface area contributed by atoms with E-state index in [1.165, 1.54) is 0 Å². The predicted molar refractivity (Wildman–Crippen MR) is 162 cm³/mol. The van der Waals surface area contributed by atoms with Crippen LogP contribution in [0.3, 0.4) is 0 Å². The Morgan fingerprint density at radius 2 is 1.85 bits per heavy atom. The molecule has 2 N–H and O–H groups in total. The number of hydrogen-bond donors (Lipinski definition) is 2. The zero-order valence-corrected chi connectivity index (χ0v) is 24.1. The fraction of sp³-hybridized carbons (Fsp3) is 0.258. The lowest BCUT2D eigenvalue weighted by Gasteiger charge is -2.29. The van der Waals surface area contributed by atoms with Crippen LogP contribution in [-0.2, 0) is 4.79 Å². The highest BCUT2D eigenvalue weighted by Crippen LogP contribution is 2.45. The molecule has 3 heterocycles. The van der Waals surface area contributed by atoms with Crippen molar-refractivity contribution in [1.82, 2.24) is 14.9 Å². The number of rotatable bonds is 8. The first kappa shape index (κ1) is 27.2. The first-order valence-electron chi connectivity index (χ1n) is 13.2. The highest BCUT2D eigenvalue weighted by Gasteiger charge is 2.42. The SMILES string of the molecule is CCC(=O)Nc1ccc(N2C(=S)N[C@H](c3ccccn3)[C@H]2c2cc(C)n(-c3cccc(OC)c3)c2C)cc1OC.